The van der Waals surface area contributed by atoms with Gasteiger partial charge in [-0.05, 0) is 22.9 Å². The van der Waals surface area contributed by atoms with E-state index in [4.69, 9.17) is 15.5 Å². The molecule has 2 N–H and O–H groups in total. The molecule has 1 aromatic heterocycles. The second-order valence-electron chi connectivity index (χ2n) is 5.85. The molecule has 4 aromatic rings. The van der Waals surface area contributed by atoms with Crippen LogP contribution in [0.5, 0.6) is 5.75 Å². The van der Waals surface area contributed by atoms with Crippen LogP contribution in [0, 0.1) is 0 Å². The van der Waals surface area contributed by atoms with Crippen LogP contribution < -0.4 is 10.5 Å². The number of nitrogens with two attached hydrogens (primary N) is 1. The van der Waals surface area contributed by atoms with E-state index in [-0.39, 0.29) is 6.04 Å². The average Bonchev–Trinajstić information content (AvgIpc) is 3.17. The molecule has 0 spiro atoms. The number of hydrogen-bond acceptors (Lipinski definition) is 4. The number of hydrogen-bond donors (Lipinski definition) is 1. The van der Waals surface area contributed by atoms with Crippen molar-refractivity contribution in [3.63, 3.8) is 0 Å². The zero-order valence-corrected chi connectivity index (χ0v) is 14.7. The van der Waals surface area contributed by atoms with Crippen LogP contribution in [0.2, 0.25) is 0 Å². The van der Waals surface area contributed by atoms with Crippen molar-refractivity contribution < 1.29 is 4.74 Å². The first-order valence-electron chi connectivity index (χ1n) is 8.09. The van der Waals surface area contributed by atoms with Crippen molar-refractivity contribution in [1.82, 2.24) is 4.98 Å². The summed E-state index contributed by atoms with van der Waals surface area (Å²) in [7, 11) is 1.66. The topological polar surface area (TPSA) is 48.1 Å². The predicted octanol–water partition coefficient (Wildman–Crippen LogP) is 5.02. The highest BCUT2D eigenvalue weighted by atomic mass is 32.1. The largest absolute Gasteiger partial charge is 0.496 e. The second-order valence-corrected chi connectivity index (χ2v) is 6.74. The summed E-state index contributed by atoms with van der Waals surface area (Å²) in [5.41, 5.74) is 9.45. The Morgan fingerprint density at radius 1 is 0.960 bits per heavy atom. The minimum atomic E-state index is -0.296. The summed E-state index contributed by atoms with van der Waals surface area (Å²) < 4.78 is 5.42. The highest BCUT2D eigenvalue weighted by Gasteiger charge is 2.17. The number of methoxy groups -OCH3 is 1. The zero-order chi connectivity index (χ0) is 17.2. The van der Waals surface area contributed by atoms with Gasteiger partial charge < -0.3 is 10.5 Å². The lowest BCUT2D eigenvalue weighted by atomic mass is 10.1. The van der Waals surface area contributed by atoms with Gasteiger partial charge in [-0.3, -0.25) is 0 Å². The summed E-state index contributed by atoms with van der Waals surface area (Å²) in [4.78, 5) is 4.78. The van der Waals surface area contributed by atoms with Crippen molar-refractivity contribution >= 4 is 22.1 Å². The van der Waals surface area contributed by atoms with Gasteiger partial charge in [-0.1, -0.05) is 54.6 Å². The highest BCUT2D eigenvalue weighted by molar-refractivity contribution is 7.10. The Bertz CT molecular complexity index is 1030. The number of rotatable bonds is 4. The number of nitrogens with zero attached hydrogens (tertiary/aromatic N) is 1. The monoisotopic (exact) mass is 346 g/mol. The lowest BCUT2D eigenvalue weighted by Gasteiger charge is -2.13. The molecule has 25 heavy (non-hydrogen) atoms. The van der Waals surface area contributed by atoms with E-state index in [1.54, 1.807) is 18.4 Å². The van der Waals surface area contributed by atoms with Crippen LogP contribution in [-0.2, 0) is 0 Å². The Morgan fingerprint density at radius 3 is 2.56 bits per heavy atom. The van der Waals surface area contributed by atoms with Crippen molar-refractivity contribution in [3.05, 3.63) is 82.7 Å². The number of fused-ring (bicyclic) bond motifs is 1. The Morgan fingerprint density at radius 2 is 1.72 bits per heavy atom. The summed E-state index contributed by atoms with van der Waals surface area (Å²) in [6.45, 7) is 0. The van der Waals surface area contributed by atoms with Gasteiger partial charge in [0.2, 0.25) is 0 Å². The molecule has 0 fully saturated rings. The first kappa shape index (κ1) is 15.8. The maximum absolute atomic E-state index is 6.44. The summed E-state index contributed by atoms with van der Waals surface area (Å²) in [5, 5.41) is 5.39. The van der Waals surface area contributed by atoms with E-state index in [9.17, 15) is 0 Å². The quantitative estimate of drug-likeness (QED) is 0.564. The van der Waals surface area contributed by atoms with Crippen LogP contribution in [0.4, 0.5) is 0 Å². The maximum Gasteiger partial charge on any atom is 0.124 e. The molecule has 0 amide bonds. The minimum Gasteiger partial charge on any atom is -0.496 e. The smallest absolute Gasteiger partial charge is 0.124 e. The van der Waals surface area contributed by atoms with Crippen molar-refractivity contribution in [1.29, 1.82) is 0 Å². The number of ether oxygens (including phenoxy) is 1. The van der Waals surface area contributed by atoms with Crippen molar-refractivity contribution in [2.45, 2.75) is 6.04 Å². The normalized spacial score (nSPS) is 12.2. The fourth-order valence-corrected chi connectivity index (χ4v) is 3.81. The third-order valence-electron chi connectivity index (χ3n) is 4.31. The van der Waals surface area contributed by atoms with Crippen LogP contribution >= 0.6 is 11.3 Å². The molecule has 0 saturated heterocycles. The second kappa shape index (κ2) is 6.67. The van der Waals surface area contributed by atoms with Gasteiger partial charge in [0.1, 0.15) is 10.8 Å². The fraction of sp³-hybridized carbons (Fsp3) is 0.0952. The van der Waals surface area contributed by atoms with Gasteiger partial charge in [0, 0.05) is 16.5 Å². The van der Waals surface area contributed by atoms with E-state index >= 15 is 0 Å². The van der Waals surface area contributed by atoms with Gasteiger partial charge in [0.05, 0.1) is 18.8 Å². The zero-order valence-electron chi connectivity index (χ0n) is 13.8. The highest BCUT2D eigenvalue weighted by Crippen LogP contribution is 2.32. The Balaban J connectivity index is 1.69. The molecule has 0 aliphatic rings. The predicted molar refractivity (Wildman–Crippen MR) is 104 cm³/mol. The van der Waals surface area contributed by atoms with Gasteiger partial charge in [-0.2, -0.15) is 0 Å². The minimum absolute atomic E-state index is 0.296. The van der Waals surface area contributed by atoms with Gasteiger partial charge >= 0.3 is 0 Å². The summed E-state index contributed by atoms with van der Waals surface area (Å²) >= 11 is 1.58. The maximum atomic E-state index is 6.44. The SMILES string of the molecule is COc1ccccc1C(N)c1nc(-c2ccc3ccccc3c2)cs1. The lowest BCUT2D eigenvalue weighted by molar-refractivity contribution is 0.408. The lowest BCUT2D eigenvalue weighted by Crippen LogP contribution is -2.12. The summed E-state index contributed by atoms with van der Waals surface area (Å²) in [6.07, 6.45) is 0. The van der Waals surface area contributed by atoms with Gasteiger partial charge in [-0.25, -0.2) is 4.98 Å². The average molecular weight is 346 g/mol. The third-order valence-corrected chi connectivity index (χ3v) is 5.24. The molecule has 1 atom stereocenters. The molecule has 1 heterocycles. The Hall–Kier alpha value is -2.69. The first-order chi connectivity index (χ1) is 12.3. The van der Waals surface area contributed by atoms with Gasteiger partial charge in [0.25, 0.3) is 0 Å². The van der Waals surface area contributed by atoms with Crippen molar-refractivity contribution in [2.75, 3.05) is 7.11 Å². The van der Waals surface area contributed by atoms with E-state index in [1.807, 2.05) is 24.3 Å². The molecule has 0 bridgehead atoms. The van der Waals surface area contributed by atoms with Crippen molar-refractivity contribution in [2.24, 2.45) is 5.73 Å². The van der Waals surface area contributed by atoms with Crippen LogP contribution in [0.3, 0.4) is 0 Å². The molecular weight excluding hydrogens is 328 g/mol. The molecule has 4 heteroatoms. The molecule has 1 unspecified atom stereocenters. The van der Waals surface area contributed by atoms with Crippen molar-refractivity contribution in [3.8, 4) is 17.0 Å². The molecular formula is C21H18N2OS. The number of benzene rings is 3. The van der Waals surface area contributed by atoms with E-state index in [1.165, 1.54) is 10.8 Å². The van der Waals surface area contributed by atoms with Crippen LogP contribution in [0.1, 0.15) is 16.6 Å². The Labute approximate surface area is 150 Å². The van der Waals surface area contributed by atoms with Crippen LogP contribution in [0.15, 0.2) is 72.1 Å². The van der Waals surface area contributed by atoms with Gasteiger partial charge in [-0.15, -0.1) is 11.3 Å². The summed E-state index contributed by atoms with van der Waals surface area (Å²) in [5.74, 6) is 0.789. The molecule has 4 rings (SSSR count). The fourth-order valence-electron chi connectivity index (χ4n) is 2.97. The van der Waals surface area contributed by atoms with Crippen LogP contribution in [-0.4, -0.2) is 12.1 Å². The van der Waals surface area contributed by atoms with Gasteiger partial charge in [0.15, 0.2) is 0 Å². The van der Waals surface area contributed by atoms with Crippen LogP contribution in [0.25, 0.3) is 22.0 Å². The molecule has 3 aromatic carbocycles. The first-order valence-corrected chi connectivity index (χ1v) is 8.97. The molecule has 0 radical (unpaired) electrons. The molecule has 0 aliphatic carbocycles. The molecule has 124 valence electrons. The van der Waals surface area contributed by atoms with E-state index < -0.39 is 0 Å². The molecule has 0 saturated carbocycles. The Kier molecular flexibility index (Phi) is 4.22. The molecule has 0 aliphatic heterocycles. The van der Waals surface area contributed by atoms with E-state index in [0.717, 1.165) is 27.6 Å². The van der Waals surface area contributed by atoms with E-state index in [0.29, 0.717) is 0 Å². The third kappa shape index (κ3) is 3.02. The number of para-hydroxylation sites is 1. The van der Waals surface area contributed by atoms with E-state index in [2.05, 4.69) is 47.8 Å². The standard InChI is InChI=1S/C21H18N2OS/c1-24-19-9-5-4-8-17(19)20(22)21-23-18(13-25-21)16-11-10-14-6-2-3-7-15(14)12-16/h2-13,20H,22H2,1H3. The number of thiazole rings is 1. The number of aromatic nitrogens is 1. The summed E-state index contributed by atoms with van der Waals surface area (Å²) in [6, 6.07) is 22.3. The molecule has 3 nitrogen and oxygen atoms in total.